The Morgan fingerprint density at radius 1 is 1.55 bits per heavy atom. The molecule has 1 aromatic heterocycles. The molecule has 0 bridgehead atoms. The van der Waals surface area contributed by atoms with E-state index in [0.29, 0.717) is 11.7 Å². The number of aromatic nitrogens is 1. The van der Waals surface area contributed by atoms with Crippen LogP contribution in [0.15, 0.2) is 29.4 Å². The summed E-state index contributed by atoms with van der Waals surface area (Å²) in [6.45, 7) is 1.79. The fraction of sp³-hybridized carbons (Fsp3) is 0.250. The van der Waals surface area contributed by atoms with E-state index in [4.69, 9.17) is 4.74 Å². The van der Waals surface area contributed by atoms with Crippen LogP contribution < -0.4 is 0 Å². The number of nitrogens with zero attached hydrogens (tertiary/aromatic N) is 2. The highest BCUT2D eigenvalue weighted by Crippen LogP contribution is 2.04. The molecule has 0 saturated heterocycles. The minimum Gasteiger partial charge on any atom is -0.484 e. The van der Waals surface area contributed by atoms with Crippen LogP contribution in [0.1, 0.15) is 6.92 Å². The van der Waals surface area contributed by atoms with Gasteiger partial charge in [-0.05, 0) is 12.1 Å². The summed E-state index contributed by atoms with van der Waals surface area (Å²) in [6, 6.07) is 5.55. The molecule has 1 heterocycles. The summed E-state index contributed by atoms with van der Waals surface area (Å²) in [4.78, 5) is 8.06. The van der Waals surface area contributed by atoms with Gasteiger partial charge in [-0.2, -0.15) is 4.99 Å². The molecule has 0 amide bonds. The van der Waals surface area contributed by atoms with Gasteiger partial charge in [-0.1, -0.05) is 6.07 Å². The first-order valence-corrected chi connectivity index (χ1v) is 3.33. The molecule has 3 heteroatoms. The third kappa shape index (κ3) is 2.37. The number of aliphatic imine (C=N–C) groups is 1. The second-order valence-electron chi connectivity index (χ2n) is 2.02. The maximum Gasteiger partial charge on any atom is 0.186 e. The summed E-state index contributed by atoms with van der Waals surface area (Å²) in [5.74, 6) is 1.29. The standard InChI is InChI=1S/C8H10N2O/c1-7(11-2)10-8-5-3-4-6-9-8/h3-6H,1-2H3/b10-7-. The van der Waals surface area contributed by atoms with Crippen molar-refractivity contribution in [3.05, 3.63) is 24.4 Å². The van der Waals surface area contributed by atoms with Gasteiger partial charge in [0.1, 0.15) is 0 Å². The van der Waals surface area contributed by atoms with Crippen molar-refractivity contribution in [1.29, 1.82) is 0 Å². The summed E-state index contributed by atoms with van der Waals surface area (Å²) in [5, 5.41) is 0. The Morgan fingerprint density at radius 3 is 2.91 bits per heavy atom. The monoisotopic (exact) mass is 150 g/mol. The molecular formula is C8H10N2O. The van der Waals surface area contributed by atoms with Crippen LogP contribution in [0.2, 0.25) is 0 Å². The molecule has 0 N–H and O–H groups in total. The van der Waals surface area contributed by atoms with Crippen LogP contribution in [0.3, 0.4) is 0 Å². The summed E-state index contributed by atoms with van der Waals surface area (Å²) < 4.78 is 4.86. The van der Waals surface area contributed by atoms with Crippen molar-refractivity contribution < 1.29 is 4.74 Å². The largest absolute Gasteiger partial charge is 0.484 e. The maximum atomic E-state index is 4.86. The van der Waals surface area contributed by atoms with Crippen molar-refractivity contribution >= 4 is 11.7 Å². The Labute approximate surface area is 65.8 Å². The Bertz CT molecular complexity index is 244. The lowest BCUT2D eigenvalue weighted by Crippen LogP contribution is -1.92. The Kier molecular flexibility index (Phi) is 2.60. The van der Waals surface area contributed by atoms with Crippen LogP contribution in [0.5, 0.6) is 0 Å². The smallest absolute Gasteiger partial charge is 0.186 e. The lowest BCUT2D eigenvalue weighted by atomic mass is 10.5. The Morgan fingerprint density at radius 2 is 2.36 bits per heavy atom. The number of rotatable bonds is 1. The third-order valence-corrected chi connectivity index (χ3v) is 1.22. The second-order valence-corrected chi connectivity index (χ2v) is 2.02. The van der Waals surface area contributed by atoms with Gasteiger partial charge in [-0.25, -0.2) is 4.98 Å². The minimum absolute atomic E-state index is 0.615. The quantitative estimate of drug-likeness (QED) is 0.451. The van der Waals surface area contributed by atoms with Gasteiger partial charge < -0.3 is 4.74 Å². The van der Waals surface area contributed by atoms with Gasteiger partial charge in [0.2, 0.25) is 0 Å². The number of hydrogen-bond acceptors (Lipinski definition) is 3. The molecule has 1 aromatic rings. The SMILES string of the molecule is CO/C(C)=N\c1ccccn1. The van der Waals surface area contributed by atoms with Gasteiger partial charge in [0.25, 0.3) is 0 Å². The van der Waals surface area contributed by atoms with Gasteiger partial charge in [0.15, 0.2) is 11.7 Å². The van der Waals surface area contributed by atoms with Crippen LogP contribution in [0, 0.1) is 0 Å². The van der Waals surface area contributed by atoms with E-state index in [-0.39, 0.29) is 0 Å². The summed E-state index contributed by atoms with van der Waals surface area (Å²) in [7, 11) is 1.59. The molecule has 0 aliphatic heterocycles. The van der Waals surface area contributed by atoms with Gasteiger partial charge in [0.05, 0.1) is 7.11 Å². The predicted molar refractivity (Wildman–Crippen MR) is 44.0 cm³/mol. The predicted octanol–water partition coefficient (Wildman–Crippen LogP) is 1.78. The zero-order chi connectivity index (χ0) is 8.10. The van der Waals surface area contributed by atoms with E-state index in [0.717, 1.165) is 0 Å². The van der Waals surface area contributed by atoms with E-state index in [1.165, 1.54) is 0 Å². The molecule has 0 radical (unpaired) electrons. The first-order chi connectivity index (χ1) is 5.33. The first-order valence-electron chi connectivity index (χ1n) is 3.33. The molecule has 0 spiro atoms. The number of methoxy groups -OCH3 is 1. The molecule has 0 fully saturated rings. The number of ether oxygens (including phenoxy) is 1. The van der Waals surface area contributed by atoms with Crippen LogP contribution in [-0.2, 0) is 4.74 Å². The fourth-order valence-electron chi connectivity index (χ4n) is 0.627. The van der Waals surface area contributed by atoms with E-state index in [2.05, 4.69) is 9.98 Å². The fourth-order valence-corrected chi connectivity index (χ4v) is 0.627. The van der Waals surface area contributed by atoms with E-state index >= 15 is 0 Å². The van der Waals surface area contributed by atoms with E-state index < -0.39 is 0 Å². The zero-order valence-corrected chi connectivity index (χ0v) is 6.61. The molecule has 11 heavy (non-hydrogen) atoms. The highest BCUT2D eigenvalue weighted by Gasteiger charge is 1.89. The molecule has 0 aliphatic carbocycles. The van der Waals surface area contributed by atoms with E-state index in [9.17, 15) is 0 Å². The molecule has 58 valence electrons. The molecule has 1 rings (SSSR count). The third-order valence-electron chi connectivity index (χ3n) is 1.22. The molecule has 3 nitrogen and oxygen atoms in total. The zero-order valence-electron chi connectivity index (χ0n) is 6.61. The minimum atomic E-state index is 0.615. The second kappa shape index (κ2) is 3.71. The van der Waals surface area contributed by atoms with Crippen LogP contribution in [0.4, 0.5) is 5.82 Å². The highest BCUT2D eigenvalue weighted by molar-refractivity contribution is 5.75. The van der Waals surface area contributed by atoms with Gasteiger partial charge in [0, 0.05) is 13.1 Å². The molecule has 0 saturated carbocycles. The van der Waals surface area contributed by atoms with E-state index in [1.807, 2.05) is 18.2 Å². The van der Waals surface area contributed by atoms with Crippen molar-refractivity contribution in [1.82, 2.24) is 4.98 Å². The number of hydrogen-bond donors (Lipinski definition) is 0. The Balaban J connectivity index is 2.79. The van der Waals surface area contributed by atoms with Crippen molar-refractivity contribution in [2.24, 2.45) is 4.99 Å². The summed E-state index contributed by atoms with van der Waals surface area (Å²) in [5.41, 5.74) is 0. The Hall–Kier alpha value is -1.38. The van der Waals surface area contributed by atoms with E-state index in [1.54, 1.807) is 20.2 Å². The lowest BCUT2D eigenvalue weighted by molar-refractivity contribution is 0.400. The van der Waals surface area contributed by atoms with Crippen LogP contribution in [-0.4, -0.2) is 18.0 Å². The molecule has 0 unspecified atom stereocenters. The van der Waals surface area contributed by atoms with Crippen LogP contribution in [0.25, 0.3) is 0 Å². The molecule has 0 aliphatic rings. The molecule has 0 atom stereocenters. The average Bonchev–Trinajstić information content (AvgIpc) is 2.06. The molecule has 0 aromatic carbocycles. The number of pyridine rings is 1. The van der Waals surface area contributed by atoms with Crippen molar-refractivity contribution in [3.8, 4) is 0 Å². The summed E-state index contributed by atoms with van der Waals surface area (Å²) in [6.07, 6.45) is 1.70. The highest BCUT2D eigenvalue weighted by atomic mass is 16.5. The summed E-state index contributed by atoms with van der Waals surface area (Å²) >= 11 is 0. The van der Waals surface area contributed by atoms with Crippen molar-refractivity contribution in [2.75, 3.05) is 7.11 Å². The van der Waals surface area contributed by atoms with Gasteiger partial charge in [-0.15, -0.1) is 0 Å². The van der Waals surface area contributed by atoms with Gasteiger partial charge >= 0.3 is 0 Å². The first kappa shape index (κ1) is 7.72. The maximum absolute atomic E-state index is 4.86. The topological polar surface area (TPSA) is 34.5 Å². The molecular weight excluding hydrogens is 140 g/mol. The van der Waals surface area contributed by atoms with Crippen molar-refractivity contribution in [2.45, 2.75) is 6.92 Å². The van der Waals surface area contributed by atoms with Gasteiger partial charge in [-0.3, -0.25) is 0 Å². The van der Waals surface area contributed by atoms with Crippen molar-refractivity contribution in [3.63, 3.8) is 0 Å². The average molecular weight is 150 g/mol. The lowest BCUT2D eigenvalue weighted by Gasteiger charge is -1.95. The normalized spacial score (nSPS) is 11.3. The van der Waals surface area contributed by atoms with Crippen LogP contribution >= 0.6 is 0 Å².